The maximum Gasteiger partial charge on any atom is 0.337 e. The van der Waals surface area contributed by atoms with Crippen LogP contribution in [0.25, 0.3) is 0 Å². The van der Waals surface area contributed by atoms with Crippen LogP contribution in [0, 0.1) is 12.3 Å². The molecule has 4 nitrogen and oxygen atoms in total. The Morgan fingerprint density at radius 1 is 1.17 bits per heavy atom. The van der Waals surface area contributed by atoms with E-state index in [1.807, 2.05) is 6.92 Å². The lowest BCUT2D eigenvalue weighted by molar-refractivity contribution is 0.0600. The van der Waals surface area contributed by atoms with Gasteiger partial charge >= 0.3 is 5.97 Å². The lowest BCUT2D eigenvalue weighted by Crippen LogP contribution is -2.32. The second kappa shape index (κ2) is 10.5. The van der Waals surface area contributed by atoms with Gasteiger partial charge in [-0.3, -0.25) is 4.79 Å². The Hall–Kier alpha value is -2.28. The smallest absolute Gasteiger partial charge is 0.337 e. The minimum absolute atomic E-state index is 0.0789. The molecule has 0 saturated heterocycles. The molecule has 0 saturated carbocycles. The number of unbranched alkanes of at least 4 members (excludes halogenated alkanes) is 4. The van der Waals surface area contributed by atoms with Crippen molar-refractivity contribution in [1.29, 1.82) is 0 Å². The summed E-state index contributed by atoms with van der Waals surface area (Å²) in [5.41, 5.74) is 1.14. The molecule has 1 atom stereocenters. The first-order chi connectivity index (χ1) is 11.5. The summed E-state index contributed by atoms with van der Waals surface area (Å²) in [7, 11) is 1.30. The summed E-state index contributed by atoms with van der Waals surface area (Å²) in [6.45, 7) is 4.18. The predicted octanol–water partition coefficient (Wildman–Crippen LogP) is 3.93. The van der Waals surface area contributed by atoms with Crippen LogP contribution in [0.5, 0.6) is 0 Å². The number of nitrogens with one attached hydrogen (secondary N) is 1. The zero-order chi connectivity index (χ0) is 17.9. The van der Waals surface area contributed by atoms with Gasteiger partial charge in [0.2, 0.25) is 0 Å². The third-order valence-electron chi connectivity index (χ3n) is 3.90. The van der Waals surface area contributed by atoms with Gasteiger partial charge in [-0.05, 0) is 31.5 Å². The average molecular weight is 329 g/mol. The highest BCUT2D eigenvalue weighted by Crippen LogP contribution is 2.12. The third kappa shape index (κ3) is 6.45. The molecule has 1 rings (SSSR count). The van der Waals surface area contributed by atoms with Crippen LogP contribution in [0.2, 0.25) is 0 Å². The highest BCUT2D eigenvalue weighted by atomic mass is 16.5. The van der Waals surface area contributed by atoms with E-state index >= 15 is 0 Å². The number of amides is 1. The number of benzene rings is 1. The SMILES string of the molecule is C#Cc1cc(C(=O)N[C@@H](C)CCCCCCC)cc(C(=O)OC)c1. The van der Waals surface area contributed by atoms with Gasteiger partial charge in [-0.2, -0.15) is 0 Å². The molecule has 1 aromatic rings. The fraction of sp³-hybridized carbons (Fsp3) is 0.500. The number of hydrogen-bond acceptors (Lipinski definition) is 3. The predicted molar refractivity (Wildman–Crippen MR) is 96.0 cm³/mol. The van der Waals surface area contributed by atoms with E-state index in [4.69, 9.17) is 11.2 Å². The van der Waals surface area contributed by atoms with E-state index in [0.717, 1.165) is 12.8 Å². The van der Waals surface area contributed by atoms with Crippen molar-refractivity contribution < 1.29 is 14.3 Å². The normalized spacial score (nSPS) is 11.4. The van der Waals surface area contributed by atoms with Crippen LogP contribution in [0.3, 0.4) is 0 Å². The van der Waals surface area contributed by atoms with Gasteiger partial charge < -0.3 is 10.1 Å². The third-order valence-corrected chi connectivity index (χ3v) is 3.90. The molecule has 0 aliphatic rings. The van der Waals surface area contributed by atoms with Crippen molar-refractivity contribution in [3.05, 3.63) is 34.9 Å². The average Bonchev–Trinajstić information content (AvgIpc) is 2.60. The summed E-state index contributed by atoms with van der Waals surface area (Å²) >= 11 is 0. The molecular formula is C20H27NO3. The summed E-state index contributed by atoms with van der Waals surface area (Å²) in [6, 6.07) is 4.74. The van der Waals surface area contributed by atoms with Crippen molar-refractivity contribution in [2.45, 2.75) is 58.4 Å². The molecule has 0 unspecified atom stereocenters. The monoisotopic (exact) mass is 329 g/mol. The lowest BCUT2D eigenvalue weighted by Gasteiger charge is -2.14. The van der Waals surface area contributed by atoms with Crippen LogP contribution in [-0.2, 0) is 4.74 Å². The summed E-state index contributed by atoms with van der Waals surface area (Å²) < 4.78 is 4.70. The van der Waals surface area contributed by atoms with Gasteiger partial charge in [0.05, 0.1) is 12.7 Å². The van der Waals surface area contributed by atoms with Crippen LogP contribution in [0.4, 0.5) is 0 Å². The number of carbonyl (C=O) groups is 2. The number of hydrogen-bond donors (Lipinski definition) is 1. The highest BCUT2D eigenvalue weighted by molar-refractivity contribution is 5.98. The molecular weight excluding hydrogens is 302 g/mol. The van der Waals surface area contributed by atoms with Gasteiger partial charge in [0.1, 0.15) is 0 Å². The Bertz CT molecular complexity index is 601. The summed E-state index contributed by atoms with van der Waals surface area (Å²) in [5, 5.41) is 2.96. The zero-order valence-corrected chi connectivity index (χ0v) is 14.9. The second-order valence-corrected chi connectivity index (χ2v) is 6.01. The van der Waals surface area contributed by atoms with Gasteiger partial charge in [0, 0.05) is 17.2 Å². The first kappa shape index (κ1) is 19.8. The van der Waals surface area contributed by atoms with E-state index in [9.17, 15) is 9.59 Å². The Morgan fingerprint density at radius 2 is 1.83 bits per heavy atom. The molecule has 0 bridgehead atoms. The van der Waals surface area contributed by atoms with E-state index in [1.54, 1.807) is 12.1 Å². The molecule has 24 heavy (non-hydrogen) atoms. The van der Waals surface area contributed by atoms with E-state index in [2.05, 4.69) is 18.2 Å². The summed E-state index contributed by atoms with van der Waals surface area (Å²) in [4.78, 5) is 24.1. The molecule has 0 aliphatic carbocycles. The molecule has 0 fully saturated rings. The van der Waals surface area contributed by atoms with Crippen molar-refractivity contribution >= 4 is 11.9 Å². The molecule has 0 radical (unpaired) electrons. The zero-order valence-electron chi connectivity index (χ0n) is 14.9. The van der Waals surface area contributed by atoms with Gasteiger partial charge in [-0.25, -0.2) is 4.79 Å². The number of rotatable bonds is 9. The molecule has 0 spiro atoms. The number of terminal acetylenes is 1. The van der Waals surface area contributed by atoms with Gasteiger partial charge in [0.25, 0.3) is 5.91 Å². The Balaban J connectivity index is 2.66. The van der Waals surface area contributed by atoms with Crippen LogP contribution in [-0.4, -0.2) is 25.0 Å². The highest BCUT2D eigenvalue weighted by Gasteiger charge is 2.14. The largest absolute Gasteiger partial charge is 0.465 e. The Morgan fingerprint density at radius 3 is 2.46 bits per heavy atom. The van der Waals surface area contributed by atoms with Gasteiger partial charge in [-0.15, -0.1) is 6.42 Å². The van der Waals surface area contributed by atoms with Gasteiger partial charge in [-0.1, -0.05) is 44.9 Å². The fourth-order valence-electron chi connectivity index (χ4n) is 2.51. The van der Waals surface area contributed by atoms with Crippen LogP contribution in [0.15, 0.2) is 18.2 Å². The first-order valence-corrected chi connectivity index (χ1v) is 8.52. The molecule has 1 amide bonds. The molecule has 130 valence electrons. The van der Waals surface area contributed by atoms with Crippen molar-refractivity contribution in [2.75, 3.05) is 7.11 Å². The maximum absolute atomic E-state index is 12.4. The first-order valence-electron chi connectivity index (χ1n) is 8.52. The van der Waals surface area contributed by atoms with E-state index in [0.29, 0.717) is 11.1 Å². The van der Waals surface area contributed by atoms with Crippen molar-refractivity contribution in [3.63, 3.8) is 0 Å². The second-order valence-electron chi connectivity index (χ2n) is 6.01. The standard InChI is InChI=1S/C20H27NO3/c1-5-7-8-9-10-11-15(3)21-19(22)17-12-16(6-2)13-18(14-17)20(23)24-4/h2,12-15H,5,7-11H2,1,3-4H3,(H,21,22)/t15-/m0/s1. The summed E-state index contributed by atoms with van der Waals surface area (Å²) in [5.74, 6) is 1.73. The van der Waals surface area contributed by atoms with Crippen molar-refractivity contribution in [3.8, 4) is 12.3 Å². The lowest BCUT2D eigenvalue weighted by atomic mass is 10.0. The molecule has 0 aliphatic heterocycles. The minimum Gasteiger partial charge on any atom is -0.465 e. The number of ether oxygens (including phenoxy) is 1. The van der Waals surface area contributed by atoms with Crippen molar-refractivity contribution in [2.24, 2.45) is 0 Å². The van der Waals surface area contributed by atoms with E-state index in [-0.39, 0.29) is 17.5 Å². The van der Waals surface area contributed by atoms with Gasteiger partial charge in [0.15, 0.2) is 0 Å². The summed E-state index contributed by atoms with van der Waals surface area (Å²) in [6.07, 6.45) is 12.3. The molecule has 4 heteroatoms. The van der Waals surface area contributed by atoms with E-state index in [1.165, 1.54) is 38.9 Å². The van der Waals surface area contributed by atoms with Crippen LogP contribution < -0.4 is 5.32 Å². The quantitative estimate of drug-likeness (QED) is 0.424. The molecule has 0 aromatic heterocycles. The number of methoxy groups -OCH3 is 1. The molecule has 0 heterocycles. The molecule has 1 aromatic carbocycles. The topological polar surface area (TPSA) is 55.4 Å². The Labute approximate surface area is 145 Å². The maximum atomic E-state index is 12.4. The Kier molecular flexibility index (Phi) is 8.64. The van der Waals surface area contributed by atoms with E-state index < -0.39 is 5.97 Å². The minimum atomic E-state index is -0.509. The van der Waals surface area contributed by atoms with Crippen LogP contribution in [0.1, 0.15) is 78.7 Å². The number of carbonyl (C=O) groups excluding carboxylic acids is 2. The number of esters is 1. The van der Waals surface area contributed by atoms with Crippen molar-refractivity contribution in [1.82, 2.24) is 5.32 Å². The fourth-order valence-corrected chi connectivity index (χ4v) is 2.51. The molecule has 1 N–H and O–H groups in total. The van der Waals surface area contributed by atoms with Crippen LogP contribution >= 0.6 is 0 Å².